The van der Waals surface area contributed by atoms with Crippen molar-refractivity contribution in [3.63, 3.8) is 0 Å². The van der Waals surface area contributed by atoms with Crippen LogP contribution in [-0.2, 0) is 6.42 Å². The molecule has 0 bridgehead atoms. The second-order valence-corrected chi connectivity index (χ2v) is 5.26. The van der Waals surface area contributed by atoms with Crippen LogP contribution < -0.4 is 10.5 Å². The van der Waals surface area contributed by atoms with Gasteiger partial charge in [0.15, 0.2) is 5.69 Å². The smallest absolute Gasteiger partial charge is 0.358 e. The maximum atomic E-state index is 11.5. The Bertz CT molecular complexity index is 814. The van der Waals surface area contributed by atoms with E-state index in [0.717, 1.165) is 5.56 Å². The number of aromatic carboxylic acids is 1. The SMILES string of the molecule is N[C@@H](COc1nc2ccccn2c1C(=O)O)Cc1ccccc1. The second-order valence-electron chi connectivity index (χ2n) is 5.26. The van der Waals surface area contributed by atoms with Crippen LogP contribution >= 0.6 is 0 Å². The molecule has 0 saturated carbocycles. The van der Waals surface area contributed by atoms with Gasteiger partial charge in [-0.15, -0.1) is 0 Å². The molecule has 2 heterocycles. The number of aromatic nitrogens is 2. The Morgan fingerprint density at radius 3 is 2.70 bits per heavy atom. The highest BCUT2D eigenvalue weighted by Gasteiger charge is 2.20. The van der Waals surface area contributed by atoms with Crippen molar-refractivity contribution >= 4 is 11.6 Å². The number of fused-ring (bicyclic) bond motifs is 1. The van der Waals surface area contributed by atoms with Crippen LogP contribution in [0.25, 0.3) is 5.65 Å². The molecule has 0 spiro atoms. The predicted molar refractivity (Wildman–Crippen MR) is 85.8 cm³/mol. The average molecular weight is 311 g/mol. The summed E-state index contributed by atoms with van der Waals surface area (Å²) in [4.78, 5) is 15.7. The zero-order valence-electron chi connectivity index (χ0n) is 12.4. The van der Waals surface area contributed by atoms with Crippen LogP contribution in [0.5, 0.6) is 5.88 Å². The van der Waals surface area contributed by atoms with Gasteiger partial charge < -0.3 is 15.6 Å². The molecule has 1 aromatic carbocycles. The quantitative estimate of drug-likeness (QED) is 0.726. The Hall–Kier alpha value is -2.86. The Labute approximate surface area is 133 Å². The first-order chi connectivity index (χ1) is 11.1. The number of hydrogen-bond donors (Lipinski definition) is 2. The molecule has 3 aromatic rings. The number of carbonyl (C=O) groups is 1. The van der Waals surface area contributed by atoms with E-state index in [1.807, 2.05) is 30.3 Å². The first-order valence-electron chi connectivity index (χ1n) is 7.28. The average Bonchev–Trinajstić information content (AvgIpc) is 2.92. The summed E-state index contributed by atoms with van der Waals surface area (Å²) in [6.45, 7) is 0.194. The van der Waals surface area contributed by atoms with E-state index in [9.17, 15) is 9.90 Å². The third-order valence-electron chi connectivity index (χ3n) is 3.48. The molecule has 0 unspecified atom stereocenters. The summed E-state index contributed by atoms with van der Waals surface area (Å²) in [5.74, 6) is -0.998. The van der Waals surface area contributed by atoms with Crippen LogP contribution in [0.15, 0.2) is 54.7 Å². The minimum atomic E-state index is -1.09. The Balaban J connectivity index is 1.74. The summed E-state index contributed by atoms with van der Waals surface area (Å²) in [5.41, 5.74) is 7.71. The van der Waals surface area contributed by atoms with Crippen molar-refractivity contribution in [2.24, 2.45) is 5.73 Å². The number of imidazole rings is 1. The van der Waals surface area contributed by atoms with E-state index >= 15 is 0 Å². The third-order valence-corrected chi connectivity index (χ3v) is 3.48. The van der Waals surface area contributed by atoms with Crippen molar-refractivity contribution in [2.45, 2.75) is 12.5 Å². The topological polar surface area (TPSA) is 89.9 Å². The minimum Gasteiger partial charge on any atom is -0.476 e. The maximum Gasteiger partial charge on any atom is 0.358 e. The van der Waals surface area contributed by atoms with Gasteiger partial charge in [-0.25, -0.2) is 4.79 Å². The number of ether oxygens (including phenoxy) is 1. The molecular formula is C17H17N3O3. The van der Waals surface area contributed by atoms with E-state index in [2.05, 4.69) is 4.98 Å². The lowest BCUT2D eigenvalue weighted by Crippen LogP contribution is -2.30. The van der Waals surface area contributed by atoms with Crippen molar-refractivity contribution in [3.05, 3.63) is 66.0 Å². The van der Waals surface area contributed by atoms with Crippen LogP contribution in [0.2, 0.25) is 0 Å². The van der Waals surface area contributed by atoms with Crippen molar-refractivity contribution in [2.75, 3.05) is 6.61 Å². The highest BCUT2D eigenvalue weighted by molar-refractivity contribution is 5.89. The number of nitrogens with zero attached hydrogens (tertiary/aromatic N) is 2. The predicted octanol–water partition coefficient (Wildman–Crippen LogP) is 1.98. The van der Waals surface area contributed by atoms with Gasteiger partial charge in [-0.05, 0) is 24.1 Å². The van der Waals surface area contributed by atoms with E-state index in [1.165, 1.54) is 4.40 Å². The van der Waals surface area contributed by atoms with Gasteiger partial charge in [0, 0.05) is 12.2 Å². The molecule has 2 aromatic heterocycles. The number of carboxylic acids is 1. The van der Waals surface area contributed by atoms with E-state index < -0.39 is 5.97 Å². The summed E-state index contributed by atoms with van der Waals surface area (Å²) in [5, 5.41) is 9.38. The van der Waals surface area contributed by atoms with Crippen molar-refractivity contribution in [3.8, 4) is 5.88 Å². The first kappa shape index (κ1) is 15.1. The molecule has 3 N–H and O–H groups in total. The maximum absolute atomic E-state index is 11.5. The largest absolute Gasteiger partial charge is 0.476 e. The van der Waals surface area contributed by atoms with Gasteiger partial charge in [0.25, 0.3) is 0 Å². The molecule has 0 aliphatic heterocycles. The van der Waals surface area contributed by atoms with E-state index in [-0.39, 0.29) is 24.2 Å². The van der Waals surface area contributed by atoms with Crippen LogP contribution in [-0.4, -0.2) is 33.1 Å². The summed E-state index contributed by atoms with van der Waals surface area (Å²) < 4.78 is 7.07. The number of hydrogen-bond acceptors (Lipinski definition) is 4. The fourth-order valence-electron chi connectivity index (χ4n) is 2.43. The summed E-state index contributed by atoms with van der Waals surface area (Å²) in [6, 6.07) is 14.8. The lowest BCUT2D eigenvalue weighted by Gasteiger charge is -2.12. The molecule has 0 aliphatic carbocycles. The van der Waals surface area contributed by atoms with Crippen LogP contribution in [0.1, 0.15) is 16.1 Å². The molecule has 0 amide bonds. The number of pyridine rings is 1. The molecule has 23 heavy (non-hydrogen) atoms. The minimum absolute atomic E-state index is 0.00695. The standard InChI is InChI=1S/C17H17N3O3/c18-13(10-12-6-2-1-3-7-12)11-23-16-15(17(21)22)20-9-5-4-8-14(20)19-16/h1-9,13H,10-11,18H2,(H,21,22)/t13-/m1/s1. The molecule has 0 saturated heterocycles. The van der Waals surface area contributed by atoms with Gasteiger partial charge >= 0.3 is 5.97 Å². The lowest BCUT2D eigenvalue weighted by molar-refractivity contribution is 0.0683. The number of carboxylic acid groups (broad SMARTS) is 1. The molecule has 1 atom stereocenters. The molecule has 3 rings (SSSR count). The summed E-state index contributed by atoms with van der Waals surface area (Å²) in [7, 11) is 0. The van der Waals surface area contributed by atoms with Gasteiger partial charge in [-0.3, -0.25) is 4.40 Å². The molecule has 118 valence electrons. The Kier molecular flexibility index (Phi) is 4.25. The van der Waals surface area contributed by atoms with Crippen LogP contribution in [0, 0.1) is 0 Å². The third kappa shape index (κ3) is 3.32. The Morgan fingerprint density at radius 1 is 1.22 bits per heavy atom. The summed E-state index contributed by atoms with van der Waals surface area (Å²) >= 11 is 0. The zero-order chi connectivity index (χ0) is 16.2. The second kappa shape index (κ2) is 6.50. The monoisotopic (exact) mass is 311 g/mol. The van der Waals surface area contributed by atoms with Gasteiger partial charge in [0.1, 0.15) is 12.3 Å². The summed E-state index contributed by atoms with van der Waals surface area (Å²) in [6.07, 6.45) is 2.29. The van der Waals surface area contributed by atoms with Gasteiger partial charge in [0.2, 0.25) is 5.88 Å². The van der Waals surface area contributed by atoms with Crippen molar-refractivity contribution < 1.29 is 14.6 Å². The molecule has 0 fully saturated rings. The number of rotatable bonds is 6. The molecule has 0 radical (unpaired) electrons. The zero-order valence-corrected chi connectivity index (χ0v) is 12.4. The first-order valence-corrected chi connectivity index (χ1v) is 7.28. The lowest BCUT2D eigenvalue weighted by atomic mass is 10.1. The van der Waals surface area contributed by atoms with E-state index in [0.29, 0.717) is 12.1 Å². The highest BCUT2D eigenvalue weighted by atomic mass is 16.5. The fourth-order valence-corrected chi connectivity index (χ4v) is 2.43. The van der Waals surface area contributed by atoms with E-state index in [4.69, 9.17) is 10.5 Å². The van der Waals surface area contributed by atoms with Crippen LogP contribution in [0.3, 0.4) is 0 Å². The van der Waals surface area contributed by atoms with Gasteiger partial charge in [0.05, 0.1) is 0 Å². The fraction of sp³-hybridized carbons (Fsp3) is 0.176. The normalized spacial score (nSPS) is 12.2. The van der Waals surface area contributed by atoms with Gasteiger partial charge in [-0.2, -0.15) is 4.98 Å². The number of nitrogens with two attached hydrogens (primary N) is 1. The molecule has 0 aliphatic rings. The number of benzene rings is 1. The molecule has 6 heteroatoms. The molecular weight excluding hydrogens is 294 g/mol. The van der Waals surface area contributed by atoms with Crippen molar-refractivity contribution in [1.29, 1.82) is 0 Å². The van der Waals surface area contributed by atoms with Crippen LogP contribution in [0.4, 0.5) is 0 Å². The van der Waals surface area contributed by atoms with Crippen molar-refractivity contribution in [1.82, 2.24) is 9.38 Å². The van der Waals surface area contributed by atoms with E-state index in [1.54, 1.807) is 24.4 Å². The highest BCUT2D eigenvalue weighted by Crippen LogP contribution is 2.20. The van der Waals surface area contributed by atoms with Gasteiger partial charge in [-0.1, -0.05) is 36.4 Å². The molecule has 6 nitrogen and oxygen atoms in total. The Morgan fingerprint density at radius 2 is 1.96 bits per heavy atom.